The van der Waals surface area contributed by atoms with Crippen molar-refractivity contribution in [2.75, 3.05) is 5.32 Å². The molecule has 0 aromatic heterocycles. The van der Waals surface area contributed by atoms with Crippen LogP contribution in [0.25, 0.3) is 0 Å². The van der Waals surface area contributed by atoms with Crippen LogP contribution in [0.4, 0.5) is 10.1 Å². The standard InChI is InChI=1S/C12H12ClFN2O/c1-2-4-8(7-15)12(17)16-11-9(13)5-3-6-10(11)14/h3,5-6,8H,2,4H2,1H3,(H,16,17). The topological polar surface area (TPSA) is 52.9 Å². The highest BCUT2D eigenvalue weighted by molar-refractivity contribution is 6.33. The number of nitrogens with one attached hydrogen (secondary N) is 1. The van der Waals surface area contributed by atoms with E-state index in [9.17, 15) is 9.18 Å². The number of nitrogens with zero attached hydrogens (tertiary/aromatic N) is 1. The van der Waals surface area contributed by atoms with Crippen molar-refractivity contribution in [1.82, 2.24) is 0 Å². The van der Waals surface area contributed by atoms with Gasteiger partial charge in [0.25, 0.3) is 0 Å². The number of benzene rings is 1. The minimum atomic E-state index is -0.782. The van der Waals surface area contributed by atoms with Crippen molar-refractivity contribution >= 4 is 23.2 Å². The van der Waals surface area contributed by atoms with Gasteiger partial charge in [0.15, 0.2) is 0 Å². The van der Waals surface area contributed by atoms with Gasteiger partial charge in [0.2, 0.25) is 5.91 Å². The summed E-state index contributed by atoms with van der Waals surface area (Å²) >= 11 is 5.76. The smallest absolute Gasteiger partial charge is 0.241 e. The fourth-order valence-electron chi connectivity index (χ4n) is 1.37. The predicted octanol–water partition coefficient (Wildman–Crippen LogP) is 3.36. The molecule has 1 unspecified atom stereocenters. The Morgan fingerprint density at radius 2 is 2.35 bits per heavy atom. The molecule has 0 aliphatic carbocycles. The lowest BCUT2D eigenvalue weighted by Gasteiger charge is -2.11. The molecule has 0 aliphatic rings. The first kappa shape index (κ1) is 13.5. The third-order valence-electron chi connectivity index (χ3n) is 2.26. The van der Waals surface area contributed by atoms with Gasteiger partial charge in [-0.1, -0.05) is 31.0 Å². The molecule has 17 heavy (non-hydrogen) atoms. The maximum Gasteiger partial charge on any atom is 0.241 e. The molecular weight excluding hydrogens is 243 g/mol. The second-order valence-electron chi connectivity index (χ2n) is 3.56. The monoisotopic (exact) mass is 254 g/mol. The van der Waals surface area contributed by atoms with Gasteiger partial charge in [0, 0.05) is 0 Å². The number of halogens is 2. The second kappa shape index (κ2) is 6.21. The van der Waals surface area contributed by atoms with Crippen LogP contribution in [-0.2, 0) is 4.79 Å². The highest BCUT2D eigenvalue weighted by Gasteiger charge is 2.19. The van der Waals surface area contributed by atoms with Gasteiger partial charge in [0.05, 0.1) is 16.8 Å². The van der Waals surface area contributed by atoms with E-state index in [-0.39, 0.29) is 10.7 Å². The van der Waals surface area contributed by atoms with Crippen molar-refractivity contribution in [3.8, 4) is 6.07 Å². The van der Waals surface area contributed by atoms with Crippen LogP contribution in [0.5, 0.6) is 0 Å². The fourth-order valence-corrected chi connectivity index (χ4v) is 1.58. The number of anilines is 1. The van der Waals surface area contributed by atoms with Crippen LogP contribution in [-0.4, -0.2) is 5.91 Å². The number of hydrogen-bond donors (Lipinski definition) is 1. The largest absolute Gasteiger partial charge is 0.321 e. The summed E-state index contributed by atoms with van der Waals surface area (Å²) in [6.45, 7) is 1.87. The molecule has 3 nitrogen and oxygen atoms in total. The van der Waals surface area contributed by atoms with Crippen molar-refractivity contribution in [3.63, 3.8) is 0 Å². The summed E-state index contributed by atoms with van der Waals surface area (Å²) in [4.78, 5) is 11.7. The van der Waals surface area contributed by atoms with E-state index in [0.29, 0.717) is 12.8 Å². The Kier molecular flexibility index (Phi) is 4.92. The molecule has 0 saturated heterocycles. The highest BCUT2D eigenvalue weighted by atomic mass is 35.5. The first-order chi connectivity index (χ1) is 8.10. The van der Waals surface area contributed by atoms with Crippen molar-refractivity contribution in [3.05, 3.63) is 29.0 Å². The van der Waals surface area contributed by atoms with Crippen molar-refractivity contribution < 1.29 is 9.18 Å². The number of carbonyl (C=O) groups excluding carboxylic acids is 1. The average Bonchev–Trinajstić information content (AvgIpc) is 2.30. The van der Waals surface area contributed by atoms with E-state index in [0.717, 1.165) is 0 Å². The first-order valence-corrected chi connectivity index (χ1v) is 5.62. The van der Waals surface area contributed by atoms with E-state index in [1.807, 2.05) is 13.0 Å². The van der Waals surface area contributed by atoms with Crippen molar-refractivity contribution in [2.45, 2.75) is 19.8 Å². The maximum absolute atomic E-state index is 13.4. The lowest BCUT2D eigenvalue weighted by atomic mass is 10.0. The number of para-hydroxylation sites is 1. The van der Waals surface area contributed by atoms with Crippen LogP contribution in [0.3, 0.4) is 0 Å². The minimum Gasteiger partial charge on any atom is -0.321 e. The van der Waals surface area contributed by atoms with Crippen LogP contribution in [0.15, 0.2) is 18.2 Å². The summed E-state index contributed by atoms with van der Waals surface area (Å²) in [5.74, 6) is -1.92. The predicted molar refractivity (Wildman–Crippen MR) is 64.1 cm³/mol. The van der Waals surface area contributed by atoms with E-state index in [1.165, 1.54) is 18.2 Å². The Balaban J connectivity index is 2.84. The van der Waals surface area contributed by atoms with Crippen LogP contribution in [0, 0.1) is 23.1 Å². The van der Waals surface area contributed by atoms with Gasteiger partial charge in [-0.15, -0.1) is 0 Å². The molecule has 1 atom stereocenters. The molecular formula is C12H12ClFN2O. The lowest BCUT2D eigenvalue weighted by molar-refractivity contribution is -0.118. The molecule has 0 bridgehead atoms. The van der Waals surface area contributed by atoms with E-state index >= 15 is 0 Å². The quantitative estimate of drug-likeness (QED) is 0.896. The molecule has 0 saturated carbocycles. The highest BCUT2D eigenvalue weighted by Crippen LogP contribution is 2.25. The van der Waals surface area contributed by atoms with Crippen LogP contribution >= 0.6 is 11.6 Å². The zero-order chi connectivity index (χ0) is 12.8. The number of rotatable bonds is 4. The Bertz CT molecular complexity index is 436. The van der Waals surface area contributed by atoms with Gasteiger partial charge in [-0.05, 0) is 18.6 Å². The second-order valence-corrected chi connectivity index (χ2v) is 3.96. The summed E-state index contributed by atoms with van der Waals surface area (Å²) in [6, 6.07) is 6.00. The molecule has 1 rings (SSSR count). The maximum atomic E-state index is 13.4. The van der Waals surface area contributed by atoms with Gasteiger partial charge in [0.1, 0.15) is 11.7 Å². The zero-order valence-corrected chi connectivity index (χ0v) is 10.1. The summed E-state index contributed by atoms with van der Waals surface area (Å²) in [5.41, 5.74) is -0.0736. The summed E-state index contributed by atoms with van der Waals surface area (Å²) in [7, 11) is 0. The summed E-state index contributed by atoms with van der Waals surface area (Å²) < 4.78 is 13.4. The first-order valence-electron chi connectivity index (χ1n) is 5.24. The van der Waals surface area contributed by atoms with Gasteiger partial charge in [-0.2, -0.15) is 5.26 Å². The number of nitriles is 1. The Hall–Kier alpha value is -1.60. The summed E-state index contributed by atoms with van der Waals surface area (Å²) in [6.07, 6.45) is 1.14. The summed E-state index contributed by atoms with van der Waals surface area (Å²) in [5, 5.41) is 11.3. The van der Waals surface area contributed by atoms with Crippen LogP contribution in [0.2, 0.25) is 5.02 Å². The number of carbonyl (C=O) groups is 1. The fraction of sp³-hybridized carbons (Fsp3) is 0.333. The van der Waals surface area contributed by atoms with E-state index in [1.54, 1.807) is 0 Å². The third-order valence-corrected chi connectivity index (χ3v) is 2.58. The van der Waals surface area contributed by atoms with Gasteiger partial charge in [-0.3, -0.25) is 4.79 Å². The van der Waals surface area contributed by atoms with Crippen molar-refractivity contribution in [1.29, 1.82) is 5.26 Å². The van der Waals surface area contributed by atoms with Crippen LogP contribution in [0.1, 0.15) is 19.8 Å². The SMILES string of the molecule is CCCC(C#N)C(=O)Nc1c(F)cccc1Cl. The van der Waals surface area contributed by atoms with Gasteiger partial charge >= 0.3 is 0 Å². The molecule has 90 valence electrons. The van der Waals surface area contributed by atoms with E-state index in [2.05, 4.69) is 5.32 Å². The molecule has 0 aliphatic heterocycles. The Morgan fingerprint density at radius 1 is 1.65 bits per heavy atom. The van der Waals surface area contributed by atoms with Gasteiger partial charge in [-0.25, -0.2) is 4.39 Å². The molecule has 0 heterocycles. The molecule has 0 spiro atoms. The van der Waals surface area contributed by atoms with Gasteiger partial charge < -0.3 is 5.32 Å². The van der Waals surface area contributed by atoms with Crippen LogP contribution < -0.4 is 5.32 Å². The number of hydrogen-bond acceptors (Lipinski definition) is 2. The number of amides is 1. The average molecular weight is 255 g/mol. The molecule has 1 aromatic rings. The van der Waals surface area contributed by atoms with E-state index < -0.39 is 17.6 Å². The molecule has 0 radical (unpaired) electrons. The van der Waals surface area contributed by atoms with E-state index in [4.69, 9.17) is 16.9 Å². The zero-order valence-electron chi connectivity index (χ0n) is 9.34. The molecule has 5 heteroatoms. The Morgan fingerprint density at radius 3 is 2.88 bits per heavy atom. The molecule has 1 N–H and O–H groups in total. The third kappa shape index (κ3) is 3.43. The molecule has 1 amide bonds. The lowest BCUT2D eigenvalue weighted by Crippen LogP contribution is -2.22. The Labute approximate surface area is 104 Å². The van der Waals surface area contributed by atoms with Crippen molar-refractivity contribution in [2.24, 2.45) is 5.92 Å². The molecule has 0 fully saturated rings. The minimum absolute atomic E-state index is 0.0736. The molecule has 1 aromatic carbocycles. The normalized spacial score (nSPS) is 11.6.